The molecule has 2 N–H and O–H groups in total. The van der Waals surface area contributed by atoms with E-state index in [9.17, 15) is 18.3 Å². The Kier molecular flexibility index (Phi) is 6.99. The standard InChI is InChI=1S/C15H29N3O5S/c1-3-9-24(21,22)16-13-11-23-14(15(13)20)10-17-5-4-6-18(8-7-17)12(2)19/h13-16,20H,3-11H2,1-2H3/t13-,14-,15+/m0/s1. The number of hydrogen-bond acceptors (Lipinski definition) is 6. The molecule has 2 aliphatic rings. The Morgan fingerprint density at radius 1 is 1.29 bits per heavy atom. The van der Waals surface area contributed by atoms with E-state index in [1.807, 2.05) is 4.90 Å². The van der Waals surface area contributed by atoms with Gasteiger partial charge in [0.15, 0.2) is 0 Å². The van der Waals surface area contributed by atoms with E-state index in [1.165, 1.54) is 0 Å². The molecule has 0 unspecified atom stereocenters. The highest BCUT2D eigenvalue weighted by Crippen LogP contribution is 2.17. The molecule has 0 aromatic carbocycles. The predicted molar refractivity (Wildman–Crippen MR) is 90.1 cm³/mol. The molecule has 2 fully saturated rings. The van der Waals surface area contributed by atoms with Gasteiger partial charge in [0.05, 0.1) is 30.6 Å². The van der Waals surface area contributed by atoms with Gasteiger partial charge in [-0.05, 0) is 19.4 Å². The molecule has 0 spiro atoms. The van der Waals surface area contributed by atoms with Gasteiger partial charge in [-0.3, -0.25) is 9.69 Å². The van der Waals surface area contributed by atoms with Gasteiger partial charge in [-0.25, -0.2) is 13.1 Å². The molecule has 0 bridgehead atoms. The van der Waals surface area contributed by atoms with Crippen molar-refractivity contribution in [2.75, 3.05) is 45.1 Å². The van der Waals surface area contributed by atoms with Crippen molar-refractivity contribution in [3.8, 4) is 0 Å². The molecule has 9 heteroatoms. The van der Waals surface area contributed by atoms with Gasteiger partial charge < -0.3 is 14.7 Å². The summed E-state index contributed by atoms with van der Waals surface area (Å²) in [7, 11) is -3.37. The largest absolute Gasteiger partial charge is 0.389 e. The lowest BCUT2D eigenvalue weighted by Gasteiger charge is -2.26. The maximum absolute atomic E-state index is 11.8. The summed E-state index contributed by atoms with van der Waals surface area (Å²) >= 11 is 0. The molecule has 0 aliphatic carbocycles. The van der Waals surface area contributed by atoms with Crippen molar-refractivity contribution < 1.29 is 23.1 Å². The van der Waals surface area contributed by atoms with E-state index in [0.717, 1.165) is 26.1 Å². The molecule has 140 valence electrons. The molecule has 0 aromatic rings. The second-order valence-corrected chi connectivity index (χ2v) is 8.44. The third kappa shape index (κ3) is 5.38. The lowest BCUT2D eigenvalue weighted by atomic mass is 10.1. The highest BCUT2D eigenvalue weighted by molar-refractivity contribution is 7.89. The Labute approximate surface area is 144 Å². The van der Waals surface area contributed by atoms with E-state index in [2.05, 4.69) is 9.62 Å². The van der Waals surface area contributed by atoms with E-state index >= 15 is 0 Å². The van der Waals surface area contributed by atoms with Crippen LogP contribution in [0.2, 0.25) is 0 Å². The number of nitrogens with zero attached hydrogens (tertiary/aromatic N) is 2. The highest BCUT2D eigenvalue weighted by atomic mass is 32.2. The van der Waals surface area contributed by atoms with Crippen LogP contribution in [0.3, 0.4) is 0 Å². The number of sulfonamides is 1. The maximum atomic E-state index is 11.8. The Morgan fingerprint density at radius 2 is 2.04 bits per heavy atom. The topological polar surface area (TPSA) is 99.2 Å². The summed E-state index contributed by atoms with van der Waals surface area (Å²) < 4.78 is 31.9. The smallest absolute Gasteiger partial charge is 0.219 e. The minimum absolute atomic E-state index is 0.0495. The first kappa shape index (κ1) is 19.6. The summed E-state index contributed by atoms with van der Waals surface area (Å²) in [6, 6.07) is -0.591. The summed E-state index contributed by atoms with van der Waals surface area (Å²) in [5.74, 6) is 0.132. The average Bonchev–Trinajstić information content (AvgIpc) is 2.72. The van der Waals surface area contributed by atoms with Crippen molar-refractivity contribution in [2.45, 2.75) is 44.9 Å². The molecular formula is C15H29N3O5S. The van der Waals surface area contributed by atoms with Crippen molar-refractivity contribution in [1.29, 1.82) is 0 Å². The van der Waals surface area contributed by atoms with Crippen LogP contribution in [0.25, 0.3) is 0 Å². The van der Waals surface area contributed by atoms with Gasteiger partial charge in [-0.2, -0.15) is 0 Å². The zero-order valence-corrected chi connectivity index (χ0v) is 15.3. The van der Waals surface area contributed by atoms with Crippen LogP contribution in [0.4, 0.5) is 0 Å². The van der Waals surface area contributed by atoms with Crippen LogP contribution < -0.4 is 4.72 Å². The van der Waals surface area contributed by atoms with Crippen LogP contribution in [0.5, 0.6) is 0 Å². The molecule has 3 atom stereocenters. The van der Waals surface area contributed by atoms with E-state index in [0.29, 0.717) is 19.5 Å². The van der Waals surface area contributed by atoms with Crippen LogP contribution in [0.1, 0.15) is 26.7 Å². The van der Waals surface area contributed by atoms with E-state index in [4.69, 9.17) is 4.74 Å². The summed E-state index contributed by atoms with van der Waals surface area (Å²) in [6.07, 6.45) is 0.143. The number of nitrogens with one attached hydrogen (secondary N) is 1. The summed E-state index contributed by atoms with van der Waals surface area (Å²) in [4.78, 5) is 15.5. The minimum Gasteiger partial charge on any atom is -0.389 e. The number of ether oxygens (including phenoxy) is 1. The molecule has 2 rings (SSSR count). The first-order chi connectivity index (χ1) is 11.3. The monoisotopic (exact) mass is 363 g/mol. The van der Waals surface area contributed by atoms with Crippen molar-refractivity contribution in [1.82, 2.24) is 14.5 Å². The summed E-state index contributed by atoms with van der Waals surface area (Å²) in [6.45, 7) is 7.09. The van der Waals surface area contributed by atoms with Gasteiger partial charge in [0, 0.05) is 33.1 Å². The highest BCUT2D eigenvalue weighted by Gasteiger charge is 2.38. The van der Waals surface area contributed by atoms with Crippen molar-refractivity contribution in [3.63, 3.8) is 0 Å². The first-order valence-corrected chi connectivity index (χ1v) is 10.2. The predicted octanol–water partition coefficient (Wildman–Crippen LogP) is -1.00. The fraction of sp³-hybridized carbons (Fsp3) is 0.933. The number of carbonyl (C=O) groups excluding carboxylic acids is 1. The quantitative estimate of drug-likeness (QED) is 0.628. The van der Waals surface area contributed by atoms with Crippen molar-refractivity contribution >= 4 is 15.9 Å². The van der Waals surface area contributed by atoms with Gasteiger partial charge in [-0.15, -0.1) is 0 Å². The Hall–Kier alpha value is -0.740. The first-order valence-electron chi connectivity index (χ1n) is 8.60. The molecule has 0 radical (unpaired) electrons. The maximum Gasteiger partial charge on any atom is 0.219 e. The number of amides is 1. The molecule has 2 aliphatic heterocycles. The third-order valence-corrected chi connectivity index (χ3v) is 6.17. The number of aliphatic hydroxyl groups is 1. The van der Waals surface area contributed by atoms with Crippen molar-refractivity contribution in [2.24, 2.45) is 0 Å². The fourth-order valence-electron chi connectivity index (χ4n) is 3.23. The average molecular weight is 363 g/mol. The Bertz CT molecular complexity index is 527. The molecule has 0 saturated carbocycles. The molecule has 2 saturated heterocycles. The molecule has 8 nitrogen and oxygen atoms in total. The molecule has 24 heavy (non-hydrogen) atoms. The lowest BCUT2D eigenvalue weighted by Crippen LogP contribution is -2.47. The number of aliphatic hydroxyl groups excluding tert-OH is 1. The molecule has 1 amide bonds. The number of hydrogen-bond donors (Lipinski definition) is 2. The van der Waals surface area contributed by atoms with Crippen molar-refractivity contribution in [3.05, 3.63) is 0 Å². The molecular weight excluding hydrogens is 334 g/mol. The van der Waals surface area contributed by atoms with Gasteiger partial charge in [-0.1, -0.05) is 6.92 Å². The molecule has 0 aromatic heterocycles. The van der Waals surface area contributed by atoms with Crippen LogP contribution in [-0.4, -0.2) is 92.6 Å². The lowest BCUT2D eigenvalue weighted by molar-refractivity contribution is -0.128. The van der Waals surface area contributed by atoms with Gasteiger partial charge >= 0.3 is 0 Å². The second-order valence-electron chi connectivity index (χ2n) is 6.57. The Balaban J connectivity index is 1.85. The SMILES string of the molecule is CCCS(=O)(=O)N[C@H]1CO[C@@H](CN2CCCN(C(C)=O)CC2)[C@@H]1O. The van der Waals surface area contributed by atoms with Gasteiger partial charge in [0.2, 0.25) is 15.9 Å². The number of rotatable bonds is 6. The normalized spacial score (nSPS) is 29.6. The van der Waals surface area contributed by atoms with Gasteiger partial charge in [0.25, 0.3) is 0 Å². The fourth-order valence-corrected chi connectivity index (χ4v) is 4.55. The third-order valence-electron chi connectivity index (χ3n) is 4.56. The summed E-state index contributed by atoms with van der Waals surface area (Å²) in [5.41, 5.74) is 0. The minimum atomic E-state index is -3.37. The second kappa shape index (κ2) is 8.57. The van der Waals surface area contributed by atoms with E-state index < -0.39 is 28.3 Å². The Morgan fingerprint density at radius 3 is 2.71 bits per heavy atom. The summed E-state index contributed by atoms with van der Waals surface area (Å²) in [5, 5.41) is 10.4. The number of carbonyl (C=O) groups is 1. The van der Waals surface area contributed by atoms with Crippen LogP contribution >= 0.6 is 0 Å². The van der Waals surface area contributed by atoms with Crippen LogP contribution in [0.15, 0.2) is 0 Å². The van der Waals surface area contributed by atoms with E-state index in [1.54, 1.807) is 13.8 Å². The van der Waals surface area contributed by atoms with Crippen LogP contribution in [0, 0.1) is 0 Å². The van der Waals surface area contributed by atoms with E-state index in [-0.39, 0.29) is 18.3 Å². The van der Waals surface area contributed by atoms with Crippen LogP contribution in [-0.2, 0) is 19.6 Å². The molecule has 2 heterocycles. The zero-order chi connectivity index (χ0) is 17.7. The van der Waals surface area contributed by atoms with Gasteiger partial charge in [0.1, 0.15) is 0 Å². The zero-order valence-electron chi connectivity index (χ0n) is 14.5.